The molecule has 0 fully saturated rings. The number of hydrogen-bond donors (Lipinski definition) is 1. The van der Waals surface area contributed by atoms with E-state index in [1.54, 1.807) is 12.1 Å². The normalized spacial score (nSPS) is 13.6. The van der Waals surface area contributed by atoms with Crippen molar-refractivity contribution < 1.29 is 14.4 Å². The van der Waals surface area contributed by atoms with Gasteiger partial charge in [0.25, 0.3) is 0 Å². The van der Waals surface area contributed by atoms with E-state index in [0.717, 1.165) is 0 Å². The number of carbonyl (C=O) groups excluding carboxylic acids is 3. The van der Waals surface area contributed by atoms with Crippen molar-refractivity contribution in [2.75, 3.05) is 5.32 Å². The van der Waals surface area contributed by atoms with Crippen LogP contribution in [0.2, 0.25) is 0 Å². The highest BCUT2D eigenvalue weighted by Crippen LogP contribution is 2.21. The number of fused-ring (bicyclic) bond motifs is 1. The van der Waals surface area contributed by atoms with Crippen LogP contribution in [-0.4, -0.2) is 17.5 Å². The standard InChI is InChI=1S/C12H9NO3/c1-7(14)13-8-2-3-9-10(6-8)12(16)5-4-11(9)15/h2-6H,1H3,(H,13,14). The molecule has 1 aromatic carbocycles. The maximum atomic E-state index is 11.5. The van der Waals surface area contributed by atoms with Crippen molar-refractivity contribution in [3.8, 4) is 0 Å². The van der Waals surface area contributed by atoms with Gasteiger partial charge in [0, 0.05) is 23.7 Å². The van der Waals surface area contributed by atoms with Crippen LogP contribution in [0.5, 0.6) is 0 Å². The average Bonchev–Trinajstić information content (AvgIpc) is 2.23. The smallest absolute Gasteiger partial charge is 0.221 e. The fourth-order valence-electron chi connectivity index (χ4n) is 1.57. The highest BCUT2D eigenvalue weighted by molar-refractivity contribution is 6.22. The van der Waals surface area contributed by atoms with Crippen molar-refractivity contribution in [1.82, 2.24) is 0 Å². The molecule has 4 nitrogen and oxygen atoms in total. The summed E-state index contributed by atoms with van der Waals surface area (Å²) in [6, 6.07) is 4.66. The third kappa shape index (κ3) is 1.77. The van der Waals surface area contributed by atoms with Gasteiger partial charge in [-0.25, -0.2) is 0 Å². The Hall–Kier alpha value is -2.23. The van der Waals surface area contributed by atoms with Crippen molar-refractivity contribution in [3.63, 3.8) is 0 Å². The summed E-state index contributed by atoms with van der Waals surface area (Å²) in [5.41, 5.74) is 1.23. The molecular formula is C12H9NO3. The Labute approximate surface area is 92.0 Å². The number of ketones is 2. The van der Waals surface area contributed by atoms with Crippen LogP contribution >= 0.6 is 0 Å². The molecule has 1 aliphatic carbocycles. The first-order chi connectivity index (χ1) is 7.58. The van der Waals surface area contributed by atoms with Crippen LogP contribution in [0.15, 0.2) is 30.4 Å². The van der Waals surface area contributed by atoms with Gasteiger partial charge in [-0.05, 0) is 30.4 Å². The summed E-state index contributed by atoms with van der Waals surface area (Å²) < 4.78 is 0. The van der Waals surface area contributed by atoms with Gasteiger partial charge >= 0.3 is 0 Å². The molecule has 1 amide bonds. The van der Waals surface area contributed by atoms with E-state index in [4.69, 9.17) is 0 Å². The van der Waals surface area contributed by atoms with E-state index in [-0.39, 0.29) is 17.5 Å². The topological polar surface area (TPSA) is 63.2 Å². The predicted molar refractivity (Wildman–Crippen MR) is 58.5 cm³/mol. The van der Waals surface area contributed by atoms with Gasteiger partial charge in [0.2, 0.25) is 5.91 Å². The Kier molecular flexibility index (Phi) is 2.40. The lowest BCUT2D eigenvalue weighted by Crippen LogP contribution is -2.13. The van der Waals surface area contributed by atoms with Crippen LogP contribution in [0.4, 0.5) is 5.69 Å². The minimum Gasteiger partial charge on any atom is -0.326 e. The lowest BCUT2D eigenvalue weighted by Gasteiger charge is -2.10. The Balaban J connectivity index is 2.47. The molecule has 1 aliphatic rings. The molecule has 1 N–H and O–H groups in total. The summed E-state index contributed by atoms with van der Waals surface area (Å²) in [6.07, 6.45) is 2.49. The zero-order chi connectivity index (χ0) is 11.7. The van der Waals surface area contributed by atoms with Gasteiger partial charge in [-0.1, -0.05) is 0 Å². The van der Waals surface area contributed by atoms with Crippen molar-refractivity contribution >= 4 is 23.2 Å². The molecule has 0 heterocycles. The van der Waals surface area contributed by atoms with E-state index in [0.29, 0.717) is 16.8 Å². The van der Waals surface area contributed by atoms with E-state index < -0.39 is 0 Å². The summed E-state index contributed by atoms with van der Waals surface area (Å²) in [6.45, 7) is 1.38. The van der Waals surface area contributed by atoms with E-state index in [9.17, 15) is 14.4 Å². The van der Waals surface area contributed by atoms with Crippen molar-refractivity contribution in [2.45, 2.75) is 6.92 Å². The molecule has 0 unspecified atom stereocenters. The Morgan fingerprint density at radius 3 is 2.31 bits per heavy atom. The van der Waals surface area contributed by atoms with E-state index in [1.165, 1.54) is 25.1 Å². The molecule has 16 heavy (non-hydrogen) atoms. The third-order valence-corrected chi connectivity index (χ3v) is 2.26. The number of amides is 1. The summed E-state index contributed by atoms with van der Waals surface area (Å²) >= 11 is 0. The molecule has 0 aliphatic heterocycles. The number of hydrogen-bond acceptors (Lipinski definition) is 3. The van der Waals surface area contributed by atoms with Gasteiger partial charge in [-0.15, -0.1) is 0 Å². The molecule has 2 rings (SSSR count). The molecule has 0 saturated heterocycles. The van der Waals surface area contributed by atoms with Crippen LogP contribution in [0, 0.1) is 0 Å². The number of carbonyl (C=O) groups is 3. The van der Waals surface area contributed by atoms with E-state index >= 15 is 0 Å². The average molecular weight is 215 g/mol. The van der Waals surface area contributed by atoms with Crippen molar-refractivity contribution in [3.05, 3.63) is 41.5 Å². The predicted octanol–water partition coefficient (Wildman–Crippen LogP) is 1.58. The van der Waals surface area contributed by atoms with Crippen LogP contribution in [0.1, 0.15) is 27.6 Å². The first-order valence-corrected chi connectivity index (χ1v) is 4.76. The molecule has 0 radical (unpaired) electrons. The Morgan fingerprint density at radius 2 is 1.69 bits per heavy atom. The van der Waals surface area contributed by atoms with Gasteiger partial charge in [0.15, 0.2) is 11.6 Å². The van der Waals surface area contributed by atoms with Crippen LogP contribution in [-0.2, 0) is 4.79 Å². The fraction of sp³-hybridized carbons (Fsp3) is 0.0833. The van der Waals surface area contributed by atoms with Gasteiger partial charge in [0.1, 0.15) is 0 Å². The molecule has 0 saturated carbocycles. The number of benzene rings is 1. The lowest BCUT2D eigenvalue weighted by atomic mass is 9.94. The van der Waals surface area contributed by atoms with Gasteiger partial charge < -0.3 is 5.32 Å². The summed E-state index contributed by atoms with van der Waals surface area (Å²) in [4.78, 5) is 33.8. The lowest BCUT2D eigenvalue weighted by molar-refractivity contribution is -0.114. The first kappa shape index (κ1) is 10.3. The minimum atomic E-state index is -0.221. The van der Waals surface area contributed by atoms with Crippen LogP contribution in [0.25, 0.3) is 0 Å². The third-order valence-electron chi connectivity index (χ3n) is 2.26. The molecule has 0 aromatic heterocycles. The summed E-state index contributed by atoms with van der Waals surface area (Å²) in [5.74, 6) is -0.629. The summed E-state index contributed by atoms with van der Waals surface area (Å²) in [7, 11) is 0. The van der Waals surface area contributed by atoms with Crippen LogP contribution in [0.3, 0.4) is 0 Å². The molecule has 4 heteroatoms. The second kappa shape index (κ2) is 3.73. The van der Waals surface area contributed by atoms with E-state index in [1.807, 2.05) is 0 Å². The maximum absolute atomic E-state index is 11.5. The number of allylic oxidation sites excluding steroid dienone is 2. The van der Waals surface area contributed by atoms with Crippen LogP contribution < -0.4 is 5.32 Å². The molecule has 80 valence electrons. The molecule has 0 bridgehead atoms. The Bertz CT molecular complexity index is 529. The summed E-state index contributed by atoms with van der Waals surface area (Å²) in [5, 5.41) is 2.56. The largest absolute Gasteiger partial charge is 0.326 e. The Morgan fingerprint density at radius 1 is 1.06 bits per heavy atom. The highest BCUT2D eigenvalue weighted by Gasteiger charge is 2.19. The molecular weight excluding hydrogens is 206 g/mol. The molecule has 0 spiro atoms. The zero-order valence-corrected chi connectivity index (χ0v) is 8.61. The van der Waals surface area contributed by atoms with Gasteiger partial charge in [-0.3, -0.25) is 14.4 Å². The van der Waals surface area contributed by atoms with Gasteiger partial charge in [-0.2, -0.15) is 0 Å². The highest BCUT2D eigenvalue weighted by atomic mass is 16.1. The SMILES string of the molecule is CC(=O)Nc1ccc2c(c1)C(=O)C=CC2=O. The van der Waals surface area contributed by atoms with Crippen molar-refractivity contribution in [2.24, 2.45) is 0 Å². The monoisotopic (exact) mass is 215 g/mol. The molecule has 1 aromatic rings. The zero-order valence-electron chi connectivity index (χ0n) is 8.61. The number of anilines is 1. The number of rotatable bonds is 1. The number of nitrogens with one attached hydrogen (secondary N) is 1. The van der Waals surface area contributed by atoms with E-state index in [2.05, 4.69) is 5.32 Å². The maximum Gasteiger partial charge on any atom is 0.221 e. The minimum absolute atomic E-state index is 0.191. The van der Waals surface area contributed by atoms with Crippen molar-refractivity contribution in [1.29, 1.82) is 0 Å². The quantitative estimate of drug-likeness (QED) is 0.773. The second-order valence-electron chi connectivity index (χ2n) is 3.50. The second-order valence-corrected chi connectivity index (χ2v) is 3.50. The molecule has 0 atom stereocenters. The fourth-order valence-corrected chi connectivity index (χ4v) is 1.57. The van der Waals surface area contributed by atoms with Gasteiger partial charge in [0.05, 0.1) is 0 Å². The first-order valence-electron chi connectivity index (χ1n) is 4.76.